The summed E-state index contributed by atoms with van der Waals surface area (Å²) in [6.45, 7) is 5.77. The number of benzene rings is 1. The number of hydrogen-bond acceptors (Lipinski definition) is 3. The highest BCUT2D eigenvalue weighted by Gasteiger charge is 2.30. The van der Waals surface area contributed by atoms with Gasteiger partial charge in [-0.2, -0.15) is 0 Å². The summed E-state index contributed by atoms with van der Waals surface area (Å²) in [6, 6.07) is 7.91. The molecule has 1 aliphatic carbocycles. The van der Waals surface area contributed by atoms with Gasteiger partial charge in [0.15, 0.2) is 0 Å². The van der Waals surface area contributed by atoms with Crippen molar-refractivity contribution in [3.63, 3.8) is 0 Å². The summed E-state index contributed by atoms with van der Waals surface area (Å²) >= 11 is 0. The molecule has 2 unspecified atom stereocenters. The first-order valence-corrected chi connectivity index (χ1v) is 8.46. The molecule has 21 heavy (non-hydrogen) atoms. The second-order valence-corrected chi connectivity index (χ2v) is 6.30. The lowest BCUT2D eigenvalue weighted by atomic mass is 9.85. The normalized spacial score (nSPS) is 25.7. The molecule has 116 valence electrons. The van der Waals surface area contributed by atoms with Crippen molar-refractivity contribution in [2.45, 2.75) is 51.1 Å². The maximum Gasteiger partial charge on any atom is 0.119 e. The predicted molar refractivity (Wildman–Crippen MR) is 86.9 cm³/mol. The fraction of sp³-hybridized carbons (Fsp3) is 0.667. The van der Waals surface area contributed by atoms with Crippen molar-refractivity contribution < 1.29 is 4.74 Å². The Kier molecular flexibility index (Phi) is 4.81. The molecule has 1 heterocycles. The highest BCUT2D eigenvalue weighted by atomic mass is 16.5. The summed E-state index contributed by atoms with van der Waals surface area (Å²) in [5.41, 5.74) is 3.03. The predicted octanol–water partition coefficient (Wildman–Crippen LogP) is 3.15. The van der Waals surface area contributed by atoms with E-state index < -0.39 is 0 Å². The van der Waals surface area contributed by atoms with Crippen LogP contribution in [0.3, 0.4) is 0 Å². The van der Waals surface area contributed by atoms with Gasteiger partial charge in [0.25, 0.3) is 0 Å². The average molecular weight is 288 g/mol. The van der Waals surface area contributed by atoms with Gasteiger partial charge in [0.2, 0.25) is 0 Å². The maximum absolute atomic E-state index is 5.46. The molecule has 1 N–H and O–H groups in total. The first-order chi connectivity index (χ1) is 10.3. The van der Waals surface area contributed by atoms with Crippen LogP contribution in [0.4, 0.5) is 0 Å². The molecule has 3 heteroatoms. The van der Waals surface area contributed by atoms with Crippen LogP contribution >= 0.6 is 0 Å². The standard InChI is InChI=1S/C18H28N2O/c1-3-20(15-7-5-11-19-13-15)18-8-4-6-14-9-10-16(21-2)12-17(14)18/h9-10,12,15,18-19H,3-8,11,13H2,1-2H3. The lowest BCUT2D eigenvalue weighted by molar-refractivity contribution is 0.107. The average Bonchev–Trinajstić information content (AvgIpc) is 2.56. The Bertz CT molecular complexity index is 468. The molecule has 0 spiro atoms. The monoisotopic (exact) mass is 288 g/mol. The summed E-state index contributed by atoms with van der Waals surface area (Å²) in [5, 5.41) is 3.57. The second kappa shape index (κ2) is 6.80. The zero-order valence-corrected chi connectivity index (χ0v) is 13.4. The van der Waals surface area contributed by atoms with Gasteiger partial charge in [0.05, 0.1) is 7.11 Å². The van der Waals surface area contributed by atoms with Gasteiger partial charge in [-0.1, -0.05) is 13.0 Å². The molecule has 2 atom stereocenters. The quantitative estimate of drug-likeness (QED) is 0.921. The van der Waals surface area contributed by atoms with Gasteiger partial charge in [0, 0.05) is 18.6 Å². The second-order valence-electron chi connectivity index (χ2n) is 6.30. The molecule has 2 aliphatic rings. The lowest BCUT2D eigenvalue weighted by Crippen LogP contribution is -2.48. The van der Waals surface area contributed by atoms with Gasteiger partial charge in [0.1, 0.15) is 5.75 Å². The van der Waals surface area contributed by atoms with Crippen LogP contribution in [0.2, 0.25) is 0 Å². The number of aryl methyl sites for hydroxylation is 1. The molecule has 0 saturated carbocycles. The van der Waals surface area contributed by atoms with Crippen LogP contribution in [0.25, 0.3) is 0 Å². The zero-order valence-electron chi connectivity index (χ0n) is 13.4. The number of fused-ring (bicyclic) bond motifs is 1. The van der Waals surface area contributed by atoms with Crippen molar-refractivity contribution >= 4 is 0 Å². The highest BCUT2D eigenvalue weighted by molar-refractivity contribution is 5.39. The highest BCUT2D eigenvalue weighted by Crippen LogP contribution is 2.37. The van der Waals surface area contributed by atoms with E-state index in [-0.39, 0.29) is 0 Å². The van der Waals surface area contributed by atoms with Crippen molar-refractivity contribution in [1.82, 2.24) is 10.2 Å². The summed E-state index contributed by atoms with van der Waals surface area (Å²) in [6.07, 6.45) is 6.44. The third-order valence-corrected chi connectivity index (χ3v) is 5.14. The minimum atomic E-state index is 0.568. The number of likely N-dealkylation sites (N-methyl/N-ethyl adjacent to an activating group) is 1. The largest absolute Gasteiger partial charge is 0.497 e. The van der Waals surface area contributed by atoms with Crippen molar-refractivity contribution in [2.24, 2.45) is 0 Å². The summed E-state index contributed by atoms with van der Waals surface area (Å²) in [4.78, 5) is 2.73. The third kappa shape index (κ3) is 3.09. The molecule has 3 nitrogen and oxygen atoms in total. The Morgan fingerprint density at radius 2 is 2.19 bits per heavy atom. The number of hydrogen-bond donors (Lipinski definition) is 1. The zero-order chi connectivity index (χ0) is 14.7. The molecule has 1 aliphatic heterocycles. The van der Waals surface area contributed by atoms with Gasteiger partial charge in [-0.05, 0) is 68.5 Å². The topological polar surface area (TPSA) is 24.5 Å². The van der Waals surface area contributed by atoms with Crippen molar-refractivity contribution in [1.29, 1.82) is 0 Å². The Balaban J connectivity index is 1.87. The number of piperidine rings is 1. The number of methoxy groups -OCH3 is 1. The molecule has 1 aromatic rings. The molecule has 0 radical (unpaired) electrons. The molecule has 1 saturated heterocycles. The van der Waals surface area contributed by atoms with Crippen LogP contribution in [-0.4, -0.2) is 37.7 Å². The van der Waals surface area contributed by atoms with E-state index in [0.29, 0.717) is 12.1 Å². The van der Waals surface area contributed by atoms with E-state index >= 15 is 0 Å². The van der Waals surface area contributed by atoms with Crippen LogP contribution < -0.4 is 10.1 Å². The Hall–Kier alpha value is -1.06. The molecular weight excluding hydrogens is 260 g/mol. The van der Waals surface area contributed by atoms with Crippen molar-refractivity contribution in [3.8, 4) is 5.75 Å². The minimum absolute atomic E-state index is 0.568. The Labute approximate surface area is 128 Å². The Morgan fingerprint density at radius 3 is 2.90 bits per heavy atom. The van der Waals surface area contributed by atoms with E-state index in [2.05, 4.69) is 35.3 Å². The van der Waals surface area contributed by atoms with Crippen LogP contribution in [0.5, 0.6) is 5.75 Å². The maximum atomic E-state index is 5.46. The Morgan fingerprint density at radius 1 is 1.29 bits per heavy atom. The molecule has 1 aromatic carbocycles. The molecule has 0 amide bonds. The fourth-order valence-electron chi connectivity index (χ4n) is 4.07. The van der Waals surface area contributed by atoms with Gasteiger partial charge in [-0.15, -0.1) is 0 Å². The van der Waals surface area contributed by atoms with Gasteiger partial charge < -0.3 is 10.1 Å². The van der Waals surface area contributed by atoms with Crippen LogP contribution in [0, 0.1) is 0 Å². The smallest absolute Gasteiger partial charge is 0.119 e. The van der Waals surface area contributed by atoms with Gasteiger partial charge in [-0.25, -0.2) is 0 Å². The fourth-order valence-corrected chi connectivity index (χ4v) is 4.07. The van der Waals surface area contributed by atoms with Gasteiger partial charge >= 0.3 is 0 Å². The molecule has 0 aromatic heterocycles. The molecular formula is C18H28N2O. The van der Waals surface area contributed by atoms with Crippen LogP contribution in [0.1, 0.15) is 49.8 Å². The molecule has 0 bridgehead atoms. The van der Waals surface area contributed by atoms with Crippen LogP contribution in [-0.2, 0) is 6.42 Å². The summed E-state index contributed by atoms with van der Waals surface area (Å²) < 4.78 is 5.46. The van der Waals surface area contributed by atoms with Crippen molar-refractivity contribution in [3.05, 3.63) is 29.3 Å². The lowest BCUT2D eigenvalue weighted by Gasteiger charge is -2.42. The number of ether oxygens (including phenoxy) is 1. The third-order valence-electron chi connectivity index (χ3n) is 5.14. The van der Waals surface area contributed by atoms with E-state index in [9.17, 15) is 0 Å². The first kappa shape index (κ1) is 14.9. The van der Waals surface area contributed by atoms with E-state index in [0.717, 1.165) is 18.8 Å². The van der Waals surface area contributed by atoms with E-state index in [1.54, 1.807) is 7.11 Å². The number of nitrogens with one attached hydrogen (secondary N) is 1. The number of rotatable bonds is 4. The summed E-state index contributed by atoms with van der Waals surface area (Å²) in [5.74, 6) is 0.999. The van der Waals surface area contributed by atoms with E-state index in [1.807, 2.05) is 0 Å². The minimum Gasteiger partial charge on any atom is -0.497 e. The summed E-state index contributed by atoms with van der Waals surface area (Å²) in [7, 11) is 1.77. The number of nitrogens with zero attached hydrogens (tertiary/aromatic N) is 1. The van der Waals surface area contributed by atoms with E-state index in [4.69, 9.17) is 4.74 Å². The SMILES string of the molecule is CCN(C1CCCNC1)C1CCCc2ccc(OC)cc21. The van der Waals surface area contributed by atoms with Crippen LogP contribution in [0.15, 0.2) is 18.2 Å². The van der Waals surface area contributed by atoms with Gasteiger partial charge in [-0.3, -0.25) is 4.90 Å². The van der Waals surface area contributed by atoms with Crippen molar-refractivity contribution in [2.75, 3.05) is 26.7 Å². The molecule has 3 rings (SSSR count). The van der Waals surface area contributed by atoms with E-state index in [1.165, 1.54) is 49.8 Å². The first-order valence-electron chi connectivity index (χ1n) is 8.46. The molecule has 1 fully saturated rings.